The molecular formula is C15H15N3O2. The molecule has 1 N–H and O–H groups in total. The Bertz CT molecular complexity index is 727. The van der Waals surface area contributed by atoms with Crippen molar-refractivity contribution in [3.8, 4) is 23.1 Å². The van der Waals surface area contributed by atoms with Crippen LogP contribution < -0.4 is 10.3 Å². The van der Waals surface area contributed by atoms with E-state index in [1.807, 2.05) is 24.3 Å². The highest BCUT2D eigenvalue weighted by atomic mass is 16.5. The van der Waals surface area contributed by atoms with E-state index < -0.39 is 0 Å². The van der Waals surface area contributed by atoms with Crippen molar-refractivity contribution < 1.29 is 4.74 Å². The fourth-order valence-corrected chi connectivity index (χ4v) is 2.04. The summed E-state index contributed by atoms with van der Waals surface area (Å²) in [7, 11) is 1.62. The number of aromatic nitrogens is 2. The Hall–Kier alpha value is -2.61. The van der Waals surface area contributed by atoms with Crippen molar-refractivity contribution in [3.63, 3.8) is 0 Å². The largest absolute Gasteiger partial charge is 0.496 e. The molecule has 1 aromatic carbocycles. The first kappa shape index (κ1) is 13.8. The van der Waals surface area contributed by atoms with E-state index in [9.17, 15) is 4.79 Å². The number of hydrogen-bond acceptors (Lipinski definition) is 4. The van der Waals surface area contributed by atoms with E-state index in [1.54, 1.807) is 7.11 Å². The molecule has 2 aromatic rings. The number of nitrogens with one attached hydrogen (secondary N) is 1. The maximum atomic E-state index is 11.2. The molecule has 0 saturated heterocycles. The Labute approximate surface area is 116 Å². The quantitative estimate of drug-likeness (QED) is 0.928. The summed E-state index contributed by atoms with van der Waals surface area (Å²) in [6, 6.07) is 8.86. The third-order valence-electron chi connectivity index (χ3n) is 3.05. The minimum absolute atomic E-state index is 0.258. The Morgan fingerprint density at radius 3 is 2.70 bits per heavy atom. The number of nitriles is 1. The second-order valence-electron chi connectivity index (χ2n) is 4.72. The molecule has 0 aliphatic heterocycles. The van der Waals surface area contributed by atoms with Gasteiger partial charge in [-0.3, -0.25) is 4.79 Å². The third kappa shape index (κ3) is 2.54. The Morgan fingerprint density at radius 1 is 1.35 bits per heavy atom. The normalized spacial score (nSPS) is 10.3. The molecule has 0 fully saturated rings. The molecule has 0 atom stereocenters. The van der Waals surface area contributed by atoms with Crippen molar-refractivity contribution in [2.75, 3.05) is 7.11 Å². The zero-order chi connectivity index (χ0) is 14.7. The molecular weight excluding hydrogens is 254 g/mol. The minimum Gasteiger partial charge on any atom is -0.496 e. The van der Waals surface area contributed by atoms with Gasteiger partial charge >= 0.3 is 0 Å². The molecule has 1 aromatic heterocycles. The van der Waals surface area contributed by atoms with Crippen LogP contribution >= 0.6 is 0 Å². The zero-order valence-electron chi connectivity index (χ0n) is 11.6. The summed E-state index contributed by atoms with van der Waals surface area (Å²) in [6.07, 6.45) is 0. The number of rotatable bonds is 3. The van der Waals surface area contributed by atoms with E-state index in [0.717, 1.165) is 16.9 Å². The lowest BCUT2D eigenvalue weighted by Crippen LogP contribution is -2.09. The number of benzene rings is 1. The van der Waals surface area contributed by atoms with Gasteiger partial charge in [0.1, 0.15) is 17.5 Å². The van der Waals surface area contributed by atoms with Gasteiger partial charge in [0.25, 0.3) is 5.56 Å². The van der Waals surface area contributed by atoms with Gasteiger partial charge in [-0.25, -0.2) is 5.10 Å². The van der Waals surface area contributed by atoms with Crippen LogP contribution in [-0.4, -0.2) is 17.3 Å². The number of hydrogen-bond donors (Lipinski definition) is 1. The molecule has 2 rings (SSSR count). The number of nitrogens with zero attached hydrogens (tertiary/aromatic N) is 2. The van der Waals surface area contributed by atoms with E-state index in [1.165, 1.54) is 6.07 Å². The molecule has 1 heterocycles. The molecule has 0 bridgehead atoms. The highest BCUT2D eigenvalue weighted by Crippen LogP contribution is 2.31. The minimum atomic E-state index is -0.386. The van der Waals surface area contributed by atoms with Gasteiger partial charge in [0.05, 0.1) is 12.7 Å². The fraction of sp³-hybridized carbons (Fsp3) is 0.267. The van der Waals surface area contributed by atoms with Gasteiger partial charge in [0.15, 0.2) is 0 Å². The molecule has 0 aliphatic carbocycles. The molecule has 5 nitrogen and oxygen atoms in total. The number of methoxy groups -OCH3 is 1. The van der Waals surface area contributed by atoms with E-state index in [-0.39, 0.29) is 17.0 Å². The van der Waals surface area contributed by atoms with Crippen LogP contribution in [0.15, 0.2) is 29.1 Å². The first-order valence-corrected chi connectivity index (χ1v) is 6.25. The molecule has 0 radical (unpaired) electrons. The fourth-order valence-electron chi connectivity index (χ4n) is 2.04. The zero-order valence-corrected chi connectivity index (χ0v) is 11.6. The summed E-state index contributed by atoms with van der Waals surface area (Å²) in [5.41, 5.74) is 2.15. The molecule has 5 heteroatoms. The van der Waals surface area contributed by atoms with Crippen LogP contribution in [0.5, 0.6) is 5.75 Å². The van der Waals surface area contributed by atoms with Crippen LogP contribution in [0.3, 0.4) is 0 Å². The molecule has 20 heavy (non-hydrogen) atoms. The lowest BCUT2D eigenvalue weighted by atomic mass is 9.97. The molecule has 0 unspecified atom stereocenters. The second kappa shape index (κ2) is 5.57. The lowest BCUT2D eigenvalue weighted by molar-refractivity contribution is 0.407. The van der Waals surface area contributed by atoms with Crippen molar-refractivity contribution >= 4 is 0 Å². The Morgan fingerprint density at radius 2 is 2.10 bits per heavy atom. The van der Waals surface area contributed by atoms with Crippen LogP contribution in [0.25, 0.3) is 11.3 Å². The van der Waals surface area contributed by atoms with Gasteiger partial charge in [-0.15, -0.1) is 0 Å². The van der Waals surface area contributed by atoms with Gasteiger partial charge in [-0.2, -0.15) is 10.4 Å². The number of H-pyrrole nitrogens is 1. The van der Waals surface area contributed by atoms with E-state index in [2.05, 4.69) is 24.0 Å². The molecule has 0 saturated carbocycles. The molecule has 0 amide bonds. The van der Waals surface area contributed by atoms with E-state index in [4.69, 9.17) is 10.00 Å². The Balaban J connectivity index is 2.62. The first-order chi connectivity index (χ1) is 9.56. The molecule has 0 spiro atoms. The monoisotopic (exact) mass is 269 g/mol. The average molecular weight is 269 g/mol. The van der Waals surface area contributed by atoms with Crippen LogP contribution in [-0.2, 0) is 0 Å². The summed E-state index contributed by atoms with van der Waals surface area (Å²) in [5, 5.41) is 15.5. The third-order valence-corrected chi connectivity index (χ3v) is 3.05. The van der Waals surface area contributed by atoms with Crippen molar-refractivity contribution in [3.05, 3.63) is 45.7 Å². The summed E-state index contributed by atoms with van der Waals surface area (Å²) >= 11 is 0. The highest BCUT2D eigenvalue weighted by Gasteiger charge is 2.13. The summed E-state index contributed by atoms with van der Waals surface area (Å²) in [4.78, 5) is 11.2. The summed E-state index contributed by atoms with van der Waals surface area (Å²) in [6.45, 7) is 4.13. The first-order valence-electron chi connectivity index (χ1n) is 6.25. The van der Waals surface area contributed by atoms with E-state index in [0.29, 0.717) is 5.69 Å². The predicted octanol–water partition coefficient (Wildman–Crippen LogP) is 2.44. The number of ether oxygens (including phenoxy) is 1. The number of aromatic amines is 1. The maximum Gasteiger partial charge on any atom is 0.265 e. The van der Waals surface area contributed by atoms with Crippen molar-refractivity contribution in [1.82, 2.24) is 10.2 Å². The van der Waals surface area contributed by atoms with Crippen LogP contribution in [0.4, 0.5) is 0 Å². The Kier molecular flexibility index (Phi) is 3.85. The van der Waals surface area contributed by atoms with Crippen molar-refractivity contribution in [1.29, 1.82) is 5.26 Å². The topological polar surface area (TPSA) is 78.8 Å². The van der Waals surface area contributed by atoms with Crippen molar-refractivity contribution in [2.24, 2.45) is 0 Å². The second-order valence-corrected chi connectivity index (χ2v) is 4.72. The molecule has 102 valence electrons. The van der Waals surface area contributed by atoms with Gasteiger partial charge in [-0.05, 0) is 29.7 Å². The smallest absolute Gasteiger partial charge is 0.265 e. The van der Waals surface area contributed by atoms with Crippen molar-refractivity contribution in [2.45, 2.75) is 19.8 Å². The van der Waals surface area contributed by atoms with Gasteiger partial charge < -0.3 is 4.74 Å². The van der Waals surface area contributed by atoms with Crippen LogP contribution in [0.1, 0.15) is 30.9 Å². The van der Waals surface area contributed by atoms with Crippen LogP contribution in [0.2, 0.25) is 0 Å². The summed E-state index contributed by atoms with van der Waals surface area (Å²) in [5.74, 6) is 1.07. The molecule has 0 aliphatic rings. The highest BCUT2D eigenvalue weighted by molar-refractivity contribution is 5.67. The standard InChI is InChI=1S/C15H15N3O2/c1-9(2)12-6-10(4-5-13(12)20-3)15-11(8-16)7-14(19)17-18-15/h4-7,9H,1-3H3,(H,17,19). The van der Waals surface area contributed by atoms with Gasteiger partial charge in [-0.1, -0.05) is 13.8 Å². The maximum absolute atomic E-state index is 11.2. The van der Waals surface area contributed by atoms with E-state index >= 15 is 0 Å². The van der Waals surface area contributed by atoms with Gasteiger partial charge in [0, 0.05) is 11.6 Å². The van der Waals surface area contributed by atoms with Gasteiger partial charge in [0.2, 0.25) is 0 Å². The summed E-state index contributed by atoms with van der Waals surface area (Å²) < 4.78 is 5.33. The predicted molar refractivity (Wildman–Crippen MR) is 75.6 cm³/mol. The SMILES string of the molecule is COc1ccc(-c2n[nH]c(=O)cc2C#N)cc1C(C)C. The lowest BCUT2D eigenvalue weighted by Gasteiger charge is -2.13. The van der Waals surface area contributed by atoms with Crippen LogP contribution in [0, 0.1) is 11.3 Å². The average Bonchev–Trinajstić information content (AvgIpc) is 2.46.